The summed E-state index contributed by atoms with van der Waals surface area (Å²) in [7, 11) is 1.00. The Morgan fingerprint density at radius 2 is 1.70 bits per heavy atom. The second-order valence-corrected chi connectivity index (χ2v) is 5.22. The molecule has 0 radical (unpaired) electrons. The highest BCUT2D eigenvalue weighted by Crippen LogP contribution is 2.35. The van der Waals surface area contributed by atoms with Crippen LogP contribution in [0, 0.1) is 5.82 Å². The summed E-state index contributed by atoms with van der Waals surface area (Å²) in [5.41, 5.74) is 4.09. The predicted octanol–water partition coefficient (Wildman–Crippen LogP) is 3.31. The Hall–Kier alpha value is -2.53. The normalized spacial score (nSPS) is 12.5. The number of fused-ring (bicyclic) bond motifs is 1. The summed E-state index contributed by atoms with van der Waals surface area (Å²) in [6.45, 7) is 0.987. The number of hydrogen-bond acceptors (Lipinski definition) is 3. The van der Waals surface area contributed by atoms with E-state index in [9.17, 15) is 4.39 Å². The van der Waals surface area contributed by atoms with Crippen molar-refractivity contribution >= 4 is 0 Å². The third kappa shape index (κ3) is 2.87. The Labute approximate surface area is 134 Å². The van der Waals surface area contributed by atoms with Crippen LogP contribution in [0.15, 0.2) is 48.8 Å². The van der Waals surface area contributed by atoms with E-state index in [-0.39, 0.29) is 5.82 Å². The van der Waals surface area contributed by atoms with Gasteiger partial charge in [0.1, 0.15) is 11.6 Å². The lowest BCUT2D eigenvalue weighted by molar-refractivity contribution is 0.399. The number of aryl methyl sites for hydroxylation is 1. The van der Waals surface area contributed by atoms with Crippen LogP contribution in [-0.2, 0) is 13.0 Å². The molecule has 0 unspecified atom stereocenters. The highest BCUT2D eigenvalue weighted by atomic mass is 19.1. The fraction of sp³-hybridized carbons (Fsp3) is 0.222. The standard InChI is InChI=1S/C17H14FN3.CH4O/c18-14-5-3-12(4-6-14)16-17(13-7-9-19-10-8-13)21-11-1-2-15(21)20-16;1-2/h3-10H,1-2,11H2;2H,1H3. The van der Waals surface area contributed by atoms with Crippen molar-refractivity contribution in [1.82, 2.24) is 14.5 Å². The highest BCUT2D eigenvalue weighted by molar-refractivity contribution is 5.79. The van der Waals surface area contributed by atoms with Gasteiger partial charge in [0, 0.05) is 43.6 Å². The summed E-state index contributed by atoms with van der Waals surface area (Å²) < 4.78 is 15.4. The Morgan fingerprint density at radius 1 is 1.00 bits per heavy atom. The van der Waals surface area contributed by atoms with E-state index in [0.717, 1.165) is 54.8 Å². The molecular weight excluding hydrogens is 293 g/mol. The first-order valence-corrected chi connectivity index (χ1v) is 7.53. The van der Waals surface area contributed by atoms with E-state index >= 15 is 0 Å². The lowest BCUT2D eigenvalue weighted by atomic mass is 10.1. The van der Waals surface area contributed by atoms with E-state index in [1.54, 1.807) is 24.5 Å². The van der Waals surface area contributed by atoms with Crippen molar-refractivity contribution in [3.63, 3.8) is 0 Å². The van der Waals surface area contributed by atoms with Crippen LogP contribution in [0.4, 0.5) is 4.39 Å². The van der Waals surface area contributed by atoms with Gasteiger partial charge in [-0.2, -0.15) is 0 Å². The third-order valence-electron chi connectivity index (χ3n) is 3.90. The first kappa shape index (κ1) is 15.4. The third-order valence-corrected chi connectivity index (χ3v) is 3.90. The van der Waals surface area contributed by atoms with Gasteiger partial charge in [0.2, 0.25) is 0 Å². The maximum Gasteiger partial charge on any atom is 0.123 e. The molecule has 3 heterocycles. The molecule has 1 aliphatic rings. The lowest BCUT2D eigenvalue weighted by Gasteiger charge is -2.08. The molecule has 4 nitrogen and oxygen atoms in total. The molecule has 1 aliphatic heterocycles. The van der Waals surface area contributed by atoms with Crippen molar-refractivity contribution in [2.45, 2.75) is 19.4 Å². The molecule has 3 aromatic rings. The van der Waals surface area contributed by atoms with Gasteiger partial charge in [0.25, 0.3) is 0 Å². The first-order valence-electron chi connectivity index (χ1n) is 7.53. The molecule has 0 bridgehead atoms. The summed E-state index contributed by atoms with van der Waals surface area (Å²) in [4.78, 5) is 8.87. The van der Waals surface area contributed by atoms with Gasteiger partial charge in [0.15, 0.2) is 0 Å². The molecule has 4 rings (SSSR count). The van der Waals surface area contributed by atoms with E-state index in [1.807, 2.05) is 12.1 Å². The molecule has 0 amide bonds. The van der Waals surface area contributed by atoms with Gasteiger partial charge in [-0.1, -0.05) is 0 Å². The molecule has 0 saturated carbocycles. The Kier molecular flexibility index (Phi) is 4.48. The number of hydrogen-bond donors (Lipinski definition) is 1. The molecule has 2 aromatic heterocycles. The van der Waals surface area contributed by atoms with Gasteiger partial charge in [-0.3, -0.25) is 4.98 Å². The van der Waals surface area contributed by atoms with Crippen LogP contribution in [0.2, 0.25) is 0 Å². The van der Waals surface area contributed by atoms with E-state index in [2.05, 4.69) is 9.55 Å². The smallest absolute Gasteiger partial charge is 0.123 e. The number of imidazole rings is 1. The molecule has 5 heteroatoms. The van der Waals surface area contributed by atoms with Gasteiger partial charge in [-0.15, -0.1) is 0 Å². The maximum atomic E-state index is 13.2. The van der Waals surface area contributed by atoms with Crippen molar-refractivity contribution in [2.75, 3.05) is 7.11 Å². The van der Waals surface area contributed by atoms with Crippen molar-refractivity contribution in [2.24, 2.45) is 0 Å². The van der Waals surface area contributed by atoms with Gasteiger partial charge >= 0.3 is 0 Å². The zero-order chi connectivity index (χ0) is 16.2. The van der Waals surface area contributed by atoms with Crippen LogP contribution in [0.3, 0.4) is 0 Å². The van der Waals surface area contributed by atoms with Crippen molar-refractivity contribution < 1.29 is 9.50 Å². The number of aliphatic hydroxyl groups is 1. The topological polar surface area (TPSA) is 50.9 Å². The van der Waals surface area contributed by atoms with Crippen LogP contribution in [0.1, 0.15) is 12.2 Å². The largest absolute Gasteiger partial charge is 0.400 e. The van der Waals surface area contributed by atoms with Gasteiger partial charge in [-0.05, 0) is 42.8 Å². The van der Waals surface area contributed by atoms with Gasteiger partial charge in [-0.25, -0.2) is 9.37 Å². The van der Waals surface area contributed by atoms with Crippen LogP contribution in [-0.4, -0.2) is 26.8 Å². The number of pyridine rings is 1. The molecule has 0 spiro atoms. The molecule has 0 atom stereocenters. The van der Waals surface area contributed by atoms with Gasteiger partial charge < -0.3 is 9.67 Å². The minimum Gasteiger partial charge on any atom is -0.400 e. The number of aromatic nitrogens is 3. The average Bonchev–Trinajstić information content (AvgIpc) is 3.19. The summed E-state index contributed by atoms with van der Waals surface area (Å²) in [5, 5.41) is 7.00. The monoisotopic (exact) mass is 311 g/mol. The van der Waals surface area contributed by atoms with Crippen molar-refractivity contribution in [1.29, 1.82) is 0 Å². The second-order valence-electron chi connectivity index (χ2n) is 5.22. The fourth-order valence-corrected chi connectivity index (χ4v) is 2.94. The fourth-order valence-electron chi connectivity index (χ4n) is 2.94. The zero-order valence-electron chi connectivity index (χ0n) is 12.9. The molecule has 1 aromatic carbocycles. The van der Waals surface area contributed by atoms with E-state index in [1.165, 1.54) is 12.1 Å². The maximum absolute atomic E-state index is 13.2. The Bertz CT molecular complexity index is 782. The lowest BCUT2D eigenvalue weighted by Crippen LogP contribution is -1.96. The number of halogens is 1. The molecular formula is C18H18FN3O. The summed E-state index contributed by atoms with van der Waals surface area (Å²) in [6.07, 6.45) is 5.71. The van der Waals surface area contributed by atoms with Gasteiger partial charge in [0.05, 0.1) is 11.4 Å². The number of nitrogens with zero attached hydrogens (tertiary/aromatic N) is 3. The molecule has 118 valence electrons. The van der Waals surface area contributed by atoms with E-state index < -0.39 is 0 Å². The Morgan fingerprint density at radius 3 is 2.39 bits per heavy atom. The predicted molar refractivity (Wildman–Crippen MR) is 87.3 cm³/mol. The van der Waals surface area contributed by atoms with Crippen LogP contribution < -0.4 is 0 Å². The van der Waals surface area contributed by atoms with Crippen LogP contribution in [0.5, 0.6) is 0 Å². The molecule has 0 fully saturated rings. The SMILES string of the molecule is CO.Fc1ccc(-c2nc3n(c2-c2ccncc2)CCC3)cc1. The minimum absolute atomic E-state index is 0.226. The molecule has 0 saturated heterocycles. The second kappa shape index (κ2) is 6.71. The number of rotatable bonds is 2. The van der Waals surface area contributed by atoms with Crippen LogP contribution >= 0.6 is 0 Å². The average molecular weight is 311 g/mol. The Balaban J connectivity index is 0.000000753. The van der Waals surface area contributed by atoms with E-state index in [0.29, 0.717) is 0 Å². The summed E-state index contributed by atoms with van der Waals surface area (Å²) >= 11 is 0. The van der Waals surface area contributed by atoms with Crippen LogP contribution in [0.25, 0.3) is 22.5 Å². The highest BCUT2D eigenvalue weighted by Gasteiger charge is 2.22. The molecule has 0 aliphatic carbocycles. The van der Waals surface area contributed by atoms with E-state index in [4.69, 9.17) is 10.1 Å². The summed E-state index contributed by atoms with van der Waals surface area (Å²) in [6, 6.07) is 10.5. The zero-order valence-corrected chi connectivity index (χ0v) is 12.9. The molecule has 23 heavy (non-hydrogen) atoms. The molecule has 1 N–H and O–H groups in total. The quantitative estimate of drug-likeness (QED) is 0.790. The minimum atomic E-state index is -0.226. The first-order chi connectivity index (χ1) is 11.3. The summed E-state index contributed by atoms with van der Waals surface area (Å²) in [5.74, 6) is 0.886. The van der Waals surface area contributed by atoms with Crippen molar-refractivity contribution in [3.05, 3.63) is 60.4 Å². The van der Waals surface area contributed by atoms with Crippen molar-refractivity contribution in [3.8, 4) is 22.5 Å². The number of benzene rings is 1. The number of aliphatic hydroxyl groups excluding tert-OH is 1.